The van der Waals surface area contributed by atoms with Crippen LogP contribution in [0, 0.1) is 11.3 Å². The van der Waals surface area contributed by atoms with E-state index in [4.69, 9.17) is 9.85 Å². The standard InChI is InChI=1S/C18H24N2O/c1-2-6-15(7-3-1)13-21-14-17-9-4-5-10-18(17)16(8-11-17)12-19-20-18/h1-3,6-7,16H,4-5,8-14H2/t16-,17+,18+/m0/s1. The Morgan fingerprint density at radius 2 is 1.95 bits per heavy atom. The second-order valence-electron chi connectivity index (χ2n) is 7.05. The van der Waals surface area contributed by atoms with E-state index in [2.05, 4.69) is 35.4 Å². The molecule has 0 unspecified atom stereocenters. The number of hydrogen-bond donors (Lipinski definition) is 0. The smallest absolute Gasteiger partial charge is 0.0939 e. The molecule has 2 saturated carbocycles. The molecule has 2 aliphatic carbocycles. The van der Waals surface area contributed by atoms with Crippen LogP contribution in [0.2, 0.25) is 0 Å². The van der Waals surface area contributed by atoms with Crippen molar-refractivity contribution < 1.29 is 4.74 Å². The second kappa shape index (κ2) is 5.20. The zero-order chi connectivity index (χ0) is 14.2. The maximum atomic E-state index is 6.17. The lowest BCUT2D eigenvalue weighted by Gasteiger charge is -2.46. The van der Waals surface area contributed by atoms with Crippen molar-refractivity contribution in [1.29, 1.82) is 0 Å². The molecular weight excluding hydrogens is 260 g/mol. The predicted octanol–water partition coefficient (Wildman–Crippen LogP) is 4.38. The molecule has 0 amide bonds. The van der Waals surface area contributed by atoms with Gasteiger partial charge in [-0.3, -0.25) is 0 Å². The Morgan fingerprint density at radius 1 is 1.10 bits per heavy atom. The Balaban J connectivity index is 1.48. The molecule has 4 rings (SSSR count). The highest BCUT2D eigenvalue weighted by Gasteiger charge is 2.63. The highest BCUT2D eigenvalue weighted by Crippen LogP contribution is 2.62. The van der Waals surface area contributed by atoms with Crippen LogP contribution < -0.4 is 0 Å². The fourth-order valence-corrected chi connectivity index (χ4v) is 4.96. The van der Waals surface area contributed by atoms with Crippen molar-refractivity contribution in [2.24, 2.45) is 21.6 Å². The number of hydrogen-bond acceptors (Lipinski definition) is 3. The lowest BCUT2D eigenvalue weighted by molar-refractivity contribution is -0.0283. The Morgan fingerprint density at radius 3 is 2.86 bits per heavy atom. The van der Waals surface area contributed by atoms with E-state index < -0.39 is 0 Å². The number of benzene rings is 1. The molecule has 21 heavy (non-hydrogen) atoms. The molecule has 0 bridgehead atoms. The number of nitrogens with zero attached hydrogens (tertiary/aromatic N) is 2. The average molecular weight is 284 g/mol. The second-order valence-corrected chi connectivity index (χ2v) is 7.05. The van der Waals surface area contributed by atoms with E-state index >= 15 is 0 Å². The molecule has 0 radical (unpaired) electrons. The minimum atomic E-state index is 0.127. The summed E-state index contributed by atoms with van der Waals surface area (Å²) in [5.41, 5.74) is 1.66. The molecule has 3 atom stereocenters. The summed E-state index contributed by atoms with van der Waals surface area (Å²) in [6, 6.07) is 10.5. The molecule has 1 aromatic carbocycles. The molecule has 3 heteroatoms. The maximum Gasteiger partial charge on any atom is 0.0939 e. The summed E-state index contributed by atoms with van der Waals surface area (Å²) >= 11 is 0. The maximum absolute atomic E-state index is 6.17. The molecular formula is C18H24N2O. The average Bonchev–Trinajstić information content (AvgIpc) is 3.05. The Labute approximate surface area is 126 Å². The summed E-state index contributed by atoms with van der Waals surface area (Å²) in [4.78, 5) is 0. The first-order valence-electron chi connectivity index (χ1n) is 8.35. The third kappa shape index (κ3) is 2.05. The van der Waals surface area contributed by atoms with Crippen LogP contribution in [-0.2, 0) is 11.3 Å². The van der Waals surface area contributed by atoms with Gasteiger partial charge < -0.3 is 4.74 Å². The minimum Gasteiger partial charge on any atom is -0.376 e. The van der Waals surface area contributed by atoms with Crippen molar-refractivity contribution in [3.8, 4) is 0 Å². The van der Waals surface area contributed by atoms with Gasteiger partial charge in [0, 0.05) is 11.3 Å². The van der Waals surface area contributed by atoms with Crippen LogP contribution in [0.15, 0.2) is 40.6 Å². The van der Waals surface area contributed by atoms with E-state index in [1.54, 1.807) is 0 Å². The van der Waals surface area contributed by atoms with Crippen LogP contribution in [0.5, 0.6) is 0 Å². The first kappa shape index (κ1) is 13.4. The van der Waals surface area contributed by atoms with Crippen molar-refractivity contribution in [3.05, 3.63) is 35.9 Å². The molecule has 0 saturated heterocycles. The van der Waals surface area contributed by atoms with Crippen molar-refractivity contribution in [2.45, 2.75) is 50.7 Å². The molecule has 1 aromatic rings. The van der Waals surface area contributed by atoms with Crippen molar-refractivity contribution >= 4 is 0 Å². The minimum absolute atomic E-state index is 0.127. The van der Waals surface area contributed by atoms with Gasteiger partial charge in [0.15, 0.2) is 0 Å². The van der Waals surface area contributed by atoms with E-state index in [1.165, 1.54) is 44.1 Å². The number of ether oxygens (including phenoxy) is 1. The Kier molecular flexibility index (Phi) is 3.33. The monoisotopic (exact) mass is 284 g/mol. The van der Waals surface area contributed by atoms with Gasteiger partial charge in [-0.15, -0.1) is 0 Å². The first-order chi connectivity index (χ1) is 10.3. The third-order valence-electron chi connectivity index (χ3n) is 6.07. The summed E-state index contributed by atoms with van der Waals surface area (Å²) in [5.74, 6) is 0.693. The van der Waals surface area contributed by atoms with Gasteiger partial charge in [-0.1, -0.05) is 43.2 Å². The number of azo groups is 1. The first-order valence-corrected chi connectivity index (χ1v) is 8.35. The van der Waals surface area contributed by atoms with E-state index in [0.717, 1.165) is 19.8 Å². The van der Waals surface area contributed by atoms with E-state index in [9.17, 15) is 0 Å². The van der Waals surface area contributed by atoms with Gasteiger partial charge in [0.05, 0.1) is 25.3 Å². The Bertz CT molecular complexity index is 525. The molecule has 2 fully saturated rings. The molecule has 1 aliphatic heterocycles. The van der Waals surface area contributed by atoms with Gasteiger partial charge in [-0.2, -0.15) is 10.2 Å². The van der Waals surface area contributed by atoms with Crippen LogP contribution in [0.4, 0.5) is 0 Å². The predicted molar refractivity (Wildman–Crippen MR) is 82.2 cm³/mol. The van der Waals surface area contributed by atoms with Crippen LogP contribution in [0.25, 0.3) is 0 Å². The summed E-state index contributed by atoms with van der Waals surface area (Å²) in [5, 5.41) is 9.22. The zero-order valence-corrected chi connectivity index (χ0v) is 12.6. The summed E-state index contributed by atoms with van der Waals surface area (Å²) in [7, 11) is 0. The summed E-state index contributed by atoms with van der Waals surface area (Å²) in [6.07, 6.45) is 7.73. The van der Waals surface area contributed by atoms with E-state index in [0.29, 0.717) is 5.92 Å². The molecule has 1 spiro atoms. The van der Waals surface area contributed by atoms with Gasteiger partial charge >= 0.3 is 0 Å². The SMILES string of the molecule is c1ccc(COC[C@]23CCCC[C@]24N=NC[C@@H]4CC3)cc1. The van der Waals surface area contributed by atoms with Crippen molar-refractivity contribution in [3.63, 3.8) is 0 Å². The summed E-state index contributed by atoms with van der Waals surface area (Å²) in [6.45, 7) is 2.54. The lowest BCUT2D eigenvalue weighted by Crippen LogP contribution is -2.50. The number of rotatable bonds is 4. The van der Waals surface area contributed by atoms with Gasteiger partial charge in [0.1, 0.15) is 0 Å². The zero-order valence-electron chi connectivity index (χ0n) is 12.6. The van der Waals surface area contributed by atoms with Gasteiger partial charge in [-0.05, 0) is 31.2 Å². The quantitative estimate of drug-likeness (QED) is 0.808. The van der Waals surface area contributed by atoms with E-state index in [-0.39, 0.29) is 11.0 Å². The fourth-order valence-electron chi connectivity index (χ4n) is 4.96. The van der Waals surface area contributed by atoms with Crippen LogP contribution in [-0.4, -0.2) is 18.7 Å². The van der Waals surface area contributed by atoms with Gasteiger partial charge in [0.25, 0.3) is 0 Å². The van der Waals surface area contributed by atoms with Gasteiger partial charge in [0.2, 0.25) is 0 Å². The third-order valence-corrected chi connectivity index (χ3v) is 6.07. The highest BCUT2D eigenvalue weighted by molar-refractivity contribution is 5.17. The highest BCUT2D eigenvalue weighted by atomic mass is 16.5. The molecule has 3 aliphatic rings. The summed E-state index contributed by atoms with van der Waals surface area (Å²) < 4.78 is 6.17. The molecule has 0 N–H and O–H groups in total. The normalized spacial score (nSPS) is 37.4. The molecule has 0 aromatic heterocycles. The van der Waals surface area contributed by atoms with E-state index in [1.807, 2.05) is 0 Å². The fraction of sp³-hybridized carbons (Fsp3) is 0.667. The van der Waals surface area contributed by atoms with Crippen LogP contribution in [0.3, 0.4) is 0 Å². The topological polar surface area (TPSA) is 34.0 Å². The largest absolute Gasteiger partial charge is 0.376 e. The van der Waals surface area contributed by atoms with Crippen LogP contribution >= 0.6 is 0 Å². The van der Waals surface area contributed by atoms with Gasteiger partial charge in [-0.25, -0.2) is 0 Å². The molecule has 112 valence electrons. The van der Waals surface area contributed by atoms with Crippen LogP contribution in [0.1, 0.15) is 44.1 Å². The molecule has 3 nitrogen and oxygen atoms in total. The molecule has 1 heterocycles. The van der Waals surface area contributed by atoms with Crippen molar-refractivity contribution in [1.82, 2.24) is 0 Å². The Hall–Kier alpha value is -1.22. The van der Waals surface area contributed by atoms with Crippen molar-refractivity contribution in [2.75, 3.05) is 13.2 Å². The lowest BCUT2D eigenvalue weighted by atomic mass is 9.61.